The lowest BCUT2D eigenvalue weighted by Crippen LogP contribution is -2.19. The highest BCUT2D eigenvalue weighted by Gasteiger charge is 2.19. The Morgan fingerprint density at radius 1 is 1.21 bits per heavy atom. The summed E-state index contributed by atoms with van der Waals surface area (Å²) in [6.07, 6.45) is 1.10. The van der Waals surface area contributed by atoms with Crippen LogP contribution in [0.5, 0.6) is 0 Å². The molecule has 0 unspecified atom stereocenters. The Balaban J connectivity index is 2.23. The molecule has 2 rings (SSSR count). The molecule has 0 aliphatic carbocycles. The van der Waals surface area contributed by atoms with Gasteiger partial charge in [-0.2, -0.15) is 0 Å². The number of hydrogen-bond donors (Lipinski definition) is 0. The standard InChI is InChI=1S/C11H13F2N/c1-8-2-3-14(7-8)11-5-9(12)4-10(13)6-11/h4-6,8H,2-3,7H2,1H3/t8-/m1/s1. The van der Waals surface area contributed by atoms with E-state index in [0.717, 1.165) is 25.6 Å². The predicted octanol–water partition coefficient (Wildman–Crippen LogP) is 2.81. The zero-order valence-corrected chi connectivity index (χ0v) is 8.13. The van der Waals surface area contributed by atoms with Crippen LogP contribution in [0.2, 0.25) is 0 Å². The van der Waals surface area contributed by atoms with Crippen LogP contribution in [0.25, 0.3) is 0 Å². The number of hydrogen-bond acceptors (Lipinski definition) is 1. The summed E-state index contributed by atoms with van der Waals surface area (Å²) in [6, 6.07) is 3.69. The van der Waals surface area contributed by atoms with Gasteiger partial charge in [0, 0.05) is 24.8 Å². The van der Waals surface area contributed by atoms with Gasteiger partial charge in [-0.15, -0.1) is 0 Å². The average Bonchev–Trinajstić information content (AvgIpc) is 2.50. The van der Waals surface area contributed by atoms with Crippen LogP contribution < -0.4 is 4.90 Å². The van der Waals surface area contributed by atoms with Gasteiger partial charge in [-0.05, 0) is 24.5 Å². The van der Waals surface area contributed by atoms with Crippen LogP contribution in [0, 0.1) is 17.6 Å². The first-order valence-electron chi connectivity index (χ1n) is 4.86. The molecule has 1 saturated heterocycles. The van der Waals surface area contributed by atoms with E-state index in [2.05, 4.69) is 6.92 Å². The largest absolute Gasteiger partial charge is 0.371 e. The maximum Gasteiger partial charge on any atom is 0.128 e. The van der Waals surface area contributed by atoms with Gasteiger partial charge in [0.25, 0.3) is 0 Å². The summed E-state index contributed by atoms with van der Waals surface area (Å²) in [4.78, 5) is 2.02. The van der Waals surface area contributed by atoms with Gasteiger partial charge < -0.3 is 4.90 Å². The Morgan fingerprint density at radius 2 is 1.86 bits per heavy atom. The first kappa shape index (κ1) is 9.44. The van der Waals surface area contributed by atoms with E-state index >= 15 is 0 Å². The fourth-order valence-electron chi connectivity index (χ4n) is 1.89. The molecule has 0 N–H and O–H groups in total. The van der Waals surface area contributed by atoms with Crippen molar-refractivity contribution < 1.29 is 8.78 Å². The third kappa shape index (κ3) is 1.86. The number of benzene rings is 1. The summed E-state index contributed by atoms with van der Waals surface area (Å²) in [7, 11) is 0. The van der Waals surface area contributed by atoms with Crippen LogP contribution in [-0.4, -0.2) is 13.1 Å². The van der Waals surface area contributed by atoms with E-state index in [1.165, 1.54) is 12.1 Å². The summed E-state index contributed by atoms with van der Waals surface area (Å²) in [5.74, 6) is -0.388. The fourth-order valence-corrected chi connectivity index (χ4v) is 1.89. The molecule has 1 aromatic carbocycles. The third-order valence-corrected chi connectivity index (χ3v) is 2.64. The smallest absolute Gasteiger partial charge is 0.128 e. The number of anilines is 1. The van der Waals surface area contributed by atoms with Crippen molar-refractivity contribution in [2.75, 3.05) is 18.0 Å². The zero-order chi connectivity index (χ0) is 10.1. The molecular weight excluding hydrogens is 184 g/mol. The van der Waals surface area contributed by atoms with Crippen molar-refractivity contribution in [3.8, 4) is 0 Å². The van der Waals surface area contributed by atoms with Crippen LogP contribution in [-0.2, 0) is 0 Å². The molecular formula is C11H13F2N. The predicted molar refractivity (Wildman–Crippen MR) is 52.4 cm³/mol. The van der Waals surface area contributed by atoms with Crippen LogP contribution >= 0.6 is 0 Å². The van der Waals surface area contributed by atoms with Crippen LogP contribution in [0.1, 0.15) is 13.3 Å². The van der Waals surface area contributed by atoms with E-state index in [1.807, 2.05) is 4.90 Å². The molecule has 76 valence electrons. The van der Waals surface area contributed by atoms with Crippen LogP contribution in [0.3, 0.4) is 0 Å². The minimum atomic E-state index is -0.500. The van der Waals surface area contributed by atoms with Crippen LogP contribution in [0.4, 0.5) is 14.5 Å². The minimum absolute atomic E-state index is 0.500. The van der Waals surface area contributed by atoms with E-state index < -0.39 is 11.6 Å². The first-order valence-corrected chi connectivity index (χ1v) is 4.86. The van der Waals surface area contributed by atoms with Gasteiger partial charge in [-0.1, -0.05) is 6.92 Å². The molecule has 1 aromatic rings. The molecule has 0 radical (unpaired) electrons. The van der Waals surface area contributed by atoms with E-state index in [4.69, 9.17) is 0 Å². The number of nitrogens with zero attached hydrogens (tertiary/aromatic N) is 1. The van der Waals surface area contributed by atoms with Gasteiger partial charge in [0.1, 0.15) is 11.6 Å². The molecule has 1 atom stereocenters. The fraction of sp³-hybridized carbons (Fsp3) is 0.455. The van der Waals surface area contributed by atoms with Crippen molar-refractivity contribution in [2.24, 2.45) is 5.92 Å². The van der Waals surface area contributed by atoms with Crippen molar-refractivity contribution in [3.63, 3.8) is 0 Å². The molecule has 1 aliphatic heterocycles. The Kier molecular flexibility index (Phi) is 2.40. The molecule has 0 amide bonds. The Labute approximate surface area is 82.3 Å². The molecule has 1 nitrogen and oxygen atoms in total. The minimum Gasteiger partial charge on any atom is -0.371 e. The Bertz CT molecular complexity index is 318. The SMILES string of the molecule is C[C@@H]1CCN(c2cc(F)cc(F)c2)C1. The lowest BCUT2D eigenvalue weighted by Gasteiger charge is -2.18. The van der Waals surface area contributed by atoms with Crippen molar-refractivity contribution in [2.45, 2.75) is 13.3 Å². The van der Waals surface area contributed by atoms with Crippen molar-refractivity contribution in [1.29, 1.82) is 0 Å². The van der Waals surface area contributed by atoms with Crippen molar-refractivity contribution in [3.05, 3.63) is 29.8 Å². The lowest BCUT2D eigenvalue weighted by atomic mass is 10.2. The molecule has 1 fully saturated rings. The van der Waals surface area contributed by atoms with E-state index in [0.29, 0.717) is 11.6 Å². The molecule has 1 heterocycles. The van der Waals surface area contributed by atoms with E-state index in [1.54, 1.807) is 0 Å². The van der Waals surface area contributed by atoms with Gasteiger partial charge in [-0.25, -0.2) is 8.78 Å². The van der Waals surface area contributed by atoms with Gasteiger partial charge in [-0.3, -0.25) is 0 Å². The van der Waals surface area contributed by atoms with Crippen molar-refractivity contribution >= 4 is 5.69 Å². The second-order valence-corrected chi connectivity index (χ2v) is 3.97. The van der Waals surface area contributed by atoms with E-state index in [-0.39, 0.29) is 0 Å². The molecule has 0 aromatic heterocycles. The third-order valence-electron chi connectivity index (χ3n) is 2.64. The molecule has 0 spiro atoms. The number of rotatable bonds is 1. The molecule has 3 heteroatoms. The summed E-state index contributed by atoms with van der Waals surface area (Å²) < 4.78 is 25.8. The molecule has 1 aliphatic rings. The van der Waals surface area contributed by atoms with Gasteiger partial charge in [0.15, 0.2) is 0 Å². The zero-order valence-electron chi connectivity index (χ0n) is 8.13. The highest BCUT2D eigenvalue weighted by atomic mass is 19.1. The normalized spacial score (nSPS) is 21.6. The molecule has 0 bridgehead atoms. The summed E-state index contributed by atoms with van der Waals surface area (Å²) >= 11 is 0. The Hall–Kier alpha value is -1.12. The molecule has 14 heavy (non-hydrogen) atoms. The summed E-state index contributed by atoms with van der Waals surface area (Å²) in [6.45, 7) is 3.93. The monoisotopic (exact) mass is 197 g/mol. The second kappa shape index (κ2) is 3.56. The highest BCUT2D eigenvalue weighted by Crippen LogP contribution is 2.24. The van der Waals surface area contributed by atoms with Gasteiger partial charge in [0.2, 0.25) is 0 Å². The quantitative estimate of drug-likeness (QED) is 0.669. The average molecular weight is 197 g/mol. The lowest BCUT2D eigenvalue weighted by molar-refractivity contribution is 0.582. The first-order chi connectivity index (χ1) is 6.65. The number of halogens is 2. The summed E-state index contributed by atoms with van der Waals surface area (Å²) in [5, 5.41) is 0. The molecule has 0 saturated carbocycles. The summed E-state index contributed by atoms with van der Waals surface area (Å²) in [5.41, 5.74) is 0.659. The van der Waals surface area contributed by atoms with E-state index in [9.17, 15) is 8.78 Å². The van der Waals surface area contributed by atoms with Gasteiger partial charge >= 0.3 is 0 Å². The van der Waals surface area contributed by atoms with Crippen LogP contribution in [0.15, 0.2) is 18.2 Å². The second-order valence-electron chi connectivity index (χ2n) is 3.97. The maximum absolute atomic E-state index is 12.9. The highest BCUT2D eigenvalue weighted by molar-refractivity contribution is 5.47. The topological polar surface area (TPSA) is 3.24 Å². The van der Waals surface area contributed by atoms with Gasteiger partial charge in [0.05, 0.1) is 0 Å². The maximum atomic E-state index is 12.9. The Morgan fingerprint density at radius 3 is 2.36 bits per heavy atom. The van der Waals surface area contributed by atoms with Crippen molar-refractivity contribution in [1.82, 2.24) is 0 Å².